The topological polar surface area (TPSA) is 55.1 Å². The summed E-state index contributed by atoms with van der Waals surface area (Å²) < 4.78 is 40.2. The van der Waals surface area contributed by atoms with Crippen LogP contribution in [-0.4, -0.2) is 20.9 Å². The van der Waals surface area contributed by atoms with Crippen molar-refractivity contribution in [3.8, 4) is 0 Å². The molecule has 0 aliphatic heterocycles. The summed E-state index contributed by atoms with van der Waals surface area (Å²) >= 11 is 0. The van der Waals surface area contributed by atoms with Crippen LogP contribution < -0.4 is 0 Å². The van der Waals surface area contributed by atoms with E-state index in [1.54, 1.807) is 20.8 Å². The molecule has 0 aliphatic carbocycles. The maximum Gasteiger partial charge on any atom is 0.433 e. The Balaban J connectivity index is 3.28. The summed E-state index contributed by atoms with van der Waals surface area (Å²) in [6.45, 7) is 6.20. The first-order valence-electron chi connectivity index (χ1n) is 5.82. The van der Waals surface area contributed by atoms with Gasteiger partial charge in [-0.15, -0.1) is 0 Å². The van der Waals surface area contributed by atoms with Gasteiger partial charge in [0.05, 0.1) is 17.7 Å². The summed E-state index contributed by atoms with van der Waals surface area (Å²) in [6, 6.07) is 0. The van der Waals surface area contributed by atoms with Crippen LogP contribution in [-0.2, 0) is 22.9 Å². The van der Waals surface area contributed by atoms with Crippen molar-refractivity contribution in [2.45, 2.75) is 45.8 Å². The van der Waals surface area contributed by atoms with Gasteiger partial charge < -0.3 is 5.11 Å². The smallest absolute Gasteiger partial charge is 0.433 e. The minimum absolute atomic E-state index is 0.0858. The number of nitrogens with zero attached hydrogens (tertiary/aromatic N) is 2. The number of aliphatic carboxylic acids is 1. The van der Waals surface area contributed by atoms with Crippen LogP contribution in [0.3, 0.4) is 0 Å². The average molecular weight is 278 g/mol. The van der Waals surface area contributed by atoms with Gasteiger partial charge in [-0.2, -0.15) is 18.3 Å². The Bertz CT molecular complexity index is 472. The van der Waals surface area contributed by atoms with Gasteiger partial charge in [-0.3, -0.25) is 9.48 Å². The highest BCUT2D eigenvalue weighted by atomic mass is 19.4. The van der Waals surface area contributed by atoms with Crippen molar-refractivity contribution in [2.75, 3.05) is 0 Å². The predicted octanol–water partition coefficient (Wildman–Crippen LogP) is 2.92. The molecule has 0 saturated carbocycles. The number of halogens is 3. The lowest BCUT2D eigenvalue weighted by atomic mass is 10.0. The number of hydrogen-bond donors (Lipinski definition) is 1. The molecule has 19 heavy (non-hydrogen) atoms. The summed E-state index contributed by atoms with van der Waals surface area (Å²) in [7, 11) is 0. The molecule has 1 N–H and O–H groups in total. The van der Waals surface area contributed by atoms with Gasteiger partial charge >= 0.3 is 12.1 Å². The number of alkyl halides is 3. The molecule has 0 amide bonds. The standard InChI is InChI=1S/C12H17F3N2O2/c1-7(10(18)19)5-8-6-16-17(11(2,3)4)9(8)12(13,14)15/h6-7H,5H2,1-4H3,(H,18,19). The normalized spacial score (nSPS) is 14.5. The van der Waals surface area contributed by atoms with Crippen LogP contribution in [0.15, 0.2) is 6.20 Å². The highest BCUT2D eigenvalue weighted by molar-refractivity contribution is 5.69. The fourth-order valence-electron chi connectivity index (χ4n) is 1.76. The number of aromatic nitrogens is 2. The molecular weight excluding hydrogens is 261 g/mol. The number of carbonyl (C=O) groups is 1. The lowest BCUT2D eigenvalue weighted by Crippen LogP contribution is -2.29. The monoisotopic (exact) mass is 278 g/mol. The first-order chi connectivity index (χ1) is 8.44. The van der Waals surface area contributed by atoms with Crippen molar-refractivity contribution < 1.29 is 23.1 Å². The van der Waals surface area contributed by atoms with Crippen LogP contribution in [0.4, 0.5) is 13.2 Å². The summed E-state index contributed by atoms with van der Waals surface area (Å²) in [5, 5.41) is 12.6. The summed E-state index contributed by atoms with van der Waals surface area (Å²) in [5.41, 5.74) is -1.78. The summed E-state index contributed by atoms with van der Waals surface area (Å²) in [4.78, 5) is 10.8. The van der Waals surface area contributed by atoms with E-state index in [-0.39, 0.29) is 12.0 Å². The van der Waals surface area contributed by atoms with Crippen LogP contribution in [0.25, 0.3) is 0 Å². The molecule has 0 radical (unpaired) electrons. The molecule has 0 aliphatic rings. The first kappa shape index (κ1) is 15.5. The Kier molecular flexibility index (Phi) is 3.97. The molecule has 0 saturated heterocycles. The molecule has 0 spiro atoms. The molecule has 1 heterocycles. The van der Waals surface area contributed by atoms with E-state index in [1.807, 2.05) is 0 Å². The van der Waals surface area contributed by atoms with Crippen molar-refractivity contribution in [1.29, 1.82) is 0 Å². The maximum absolute atomic E-state index is 13.1. The molecule has 1 rings (SSSR count). The summed E-state index contributed by atoms with van der Waals surface area (Å²) in [5.74, 6) is -2.02. The van der Waals surface area contributed by atoms with Crippen molar-refractivity contribution in [1.82, 2.24) is 9.78 Å². The second-order valence-electron chi connectivity index (χ2n) is 5.54. The SMILES string of the molecule is CC(Cc1cnn(C(C)(C)C)c1C(F)(F)F)C(=O)O. The molecule has 7 heteroatoms. The molecule has 0 bridgehead atoms. The Hall–Kier alpha value is -1.53. The van der Waals surface area contributed by atoms with Crippen molar-refractivity contribution >= 4 is 5.97 Å². The Morgan fingerprint density at radius 1 is 1.42 bits per heavy atom. The van der Waals surface area contributed by atoms with E-state index < -0.39 is 29.3 Å². The number of rotatable bonds is 3. The third-order valence-corrected chi connectivity index (χ3v) is 2.70. The molecule has 1 aromatic rings. The fraction of sp³-hybridized carbons (Fsp3) is 0.667. The second kappa shape index (κ2) is 4.86. The fourth-order valence-corrected chi connectivity index (χ4v) is 1.76. The number of carboxylic acid groups (broad SMARTS) is 1. The van der Waals surface area contributed by atoms with Crippen molar-refractivity contribution in [3.63, 3.8) is 0 Å². The van der Waals surface area contributed by atoms with Crippen LogP contribution in [0.2, 0.25) is 0 Å². The zero-order valence-electron chi connectivity index (χ0n) is 11.2. The van der Waals surface area contributed by atoms with E-state index in [0.29, 0.717) is 0 Å². The third kappa shape index (κ3) is 3.48. The lowest BCUT2D eigenvalue weighted by Gasteiger charge is -2.24. The van der Waals surface area contributed by atoms with Gasteiger partial charge in [-0.1, -0.05) is 6.92 Å². The number of hydrogen-bond acceptors (Lipinski definition) is 2. The van der Waals surface area contributed by atoms with E-state index in [4.69, 9.17) is 5.11 Å². The van der Waals surface area contributed by atoms with E-state index in [0.717, 1.165) is 10.9 Å². The Labute approximate surface area is 109 Å². The molecule has 108 valence electrons. The quantitative estimate of drug-likeness (QED) is 0.924. The third-order valence-electron chi connectivity index (χ3n) is 2.70. The molecular formula is C12H17F3N2O2. The minimum Gasteiger partial charge on any atom is -0.481 e. The van der Waals surface area contributed by atoms with Crippen LogP contribution in [0.5, 0.6) is 0 Å². The van der Waals surface area contributed by atoms with Gasteiger partial charge in [0.2, 0.25) is 0 Å². The average Bonchev–Trinajstić information content (AvgIpc) is 2.59. The zero-order chi connectivity index (χ0) is 15.0. The van der Waals surface area contributed by atoms with E-state index in [1.165, 1.54) is 6.92 Å². The minimum atomic E-state index is -4.56. The molecule has 0 aromatic carbocycles. The predicted molar refractivity (Wildman–Crippen MR) is 62.7 cm³/mol. The number of carboxylic acids is 1. The van der Waals surface area contributed by atoms with E-state index >= 15 is 0 Å². The van der Waals surface area contributed by atoms with Crippen LogP contribution in [0, 0.1) is 5.92 Å². The van der Waals surface area contributed by atoms with E-state index in [2.05, 4.69) is 5.10 Å². The molecule has 4 nitrogen and oxygen atoms in total. The second-order valence-corrected chi connectivity index (χ2v) is 5.54. The van der Waals surface area contributed by atoms with Gasteiger partial charge in [-0.25, -0.2) is 0 Å². The van der Waals surface area contributed by atoms with Gasteiger partial charge in [-0.05, 0) is 27.2 Å². The molecule has 1 atom stereocenters. The van der Waals surface area contributed by atoms with Crippen LogP contribution in [0.1, 0.15) is 39.0 Å². The van der Waals surface area contributed by atoms with Crippen molar-refractivity contribution in [2.24, 2.45) is 5.92 Å². The first-order valence-corrected chi connectivity index (χ1v) is 5.82. The van der Waals surface area contributed by atoms with Gasteiger partial charge in [0.15, 0.2) is 0 Å². The maximum atomic E-state index is 13.1. The van der Waals surface area contributed by atoms with Crippen LogP contribution >= 0.6 is 0 Å². The van der Waals surface area contributed by atoms with Crippen molar-refractivity contribution in [3.05, 3.63) is 17.5 Å². The lowest BCUT2D eigenvalue weighted by molar-refractivity contribution is -0.147. The Morgan fingerprint density at radius 3 is 2.32 bits per heavy atom. The molecule has 0 fully saturated rings. The largest absolute Gasteiger partial charge is 0.481 e. The summed E-state index contributed by atoms with van der Waals surface area (Å²) in [6.07, 6.45) is -3.65. The van der Waals surface area contributed by atoms with E-state index in [9.17, 15) is 18.0 Å². The van der Waals surface area contributed by atoms with Gasteiger partial charge in [0, 0.05) is 5.56 Å². The molecule has 1 unspecified atom stereocenters. The van der Waals surface area contributed by atoms with Gasteiger partial charge in [0.1, 0.15) is 5.69 Å². The zero-order valence-corrected chi connectivity index (χ0v) is 11.2. The van der Waals surface area contributed by atoms with Gasteiger partial charge in [0.25, 0.3) is 0 Å². The highest BCUT2D eigenvalue weighted by Crippen LogP contribution is 2.35. The Morgan fingerprint density at radius 2 is 1.95 bits per heavy atom. The molecule has 1 aromatic heterocycles. The highest BCUT2D eigenvalue weighted by Gasteiger charge is 2.40.